The van der Waals surface area contributed by atoms with Crippen LogP contribution in [0.1, 0.15) is 19.4 Å². The molecule has 6 heteroatoms. The van der Waals surface area contributed by atoms with Gasteiger partial charge in [-0.05, 0) is 43.7 Å². The molecule has 0 radical (unpaired) electrons. The third kappa shape index (κ3) is 5.78. The highest BCUT2D eigenvalue weighted by Crippen LogP contribution is 2.20. The molecule has 0 saturated heterocycles. The van der Waals surface area contributed by atoms with E-state index >= 15 is 0 Å². The van der Waals surface area contributed by atoms with Crippen LogP contribution in [0.3, 0.4) is 0 Å². The van der Waals surface area contributed by atoms with Crippen LogP contribution >= 0.6 is 23.2 Å². The molecule has 1 rings (SSSR count). The summed E-state index contributed by atoms with van der Waals surface area (Å²) in [7, 11) is 1.29. The van der Waals surface area contributed by atoms with Crippen LogP contribution in [0.4, 0.5) is 0 Å². The first-order valence-corrected chi connectivity index (χ1v) is 7.10. The van der Waals surface area contributed by atoms with Crippen LogP contribution in [0.5, 0.6) is 0 Å². The van der Waals surface area contributed by atoms with Crippen LogP contribution in [-0.2, 0) is 14.3 Å². The summed E-state index contributed by atoms with van der Waals surface area (Å²) in [4.78, 5) is 24.9. The van der Waals surface area contributed by atoms with Gasteiger partial charge in [0.1, 0.15) is 6.54 Å². The molecule has 0 N–H and O–H groups in total. The number of halogens is 2. The minimum Gasteiger partial charge on any atom is -0.468 e. The second kappa shape index (κ2) is 8.05. The van der Waals surface area contributed by atoms with Crippen LogP contribution in [0.2, 0.25) is 10.0 Å². The summed E-state index contributed by atoms with van der Waals surface area (Å²) in [6, 6.07) is 4.87. The first-order valence-electron chi connectivity index (χ1n) is 6.35. The highest BCUT2D eigenvalue weighted by atomic mass is 35.5. The molecule has 0 bridgehead atoms. The van der Waals surface area contributed by atoms with Gasteiger partial charge in [0.15, 0.2) is 0 Å². The smallest absolute Gasteiger partial charge is 0.325 e. The van der Waals surface area contributed by atoms with Crippen molar-refractivity contribution in [3.8, 4) is 0 Å². The normalized spacial score (nSPS) is 11.0. The Morgan fingerprint density at radius 3 is 2.29 bits per heavy atom. The Kier molecular flexibility index (Phi) is 6.72. The van der Waals surface area contributed by atoms with Gasteiger partial charge in [0.05, 0.1) is 7.11 Å². The maximum atomic E-state index is 12.1. The number of rotatable bonds is 5. The van der Waals surface area contributed by atoms with Gasteiger partial charge in [0.25, 0.3) is 0 Å². The number of hydrogen-bond donors (Lipinski definition) is 0. The van der Waals surface area contributed by atoms with Gasteiger partial charge in [-0.1, -0.05) is 23.2 Å². The van der Waals surface area contributed by atoms with Gasteiger partial charge in [-0.25, -0.2) is 0 Å². The summed E-state index contributed by atoms with van der Waals surface area (Å²) in [6.45, 7) is 3.56. The van der Waals surface area contributed by atoms with Gasteiger partial charge in [-0.3, -0.25) is 9.59 Å². The maximum Gasteiger partial charge on any atom is 0.325 e. The Morgan fingerprint density at radius 2 is 1.81 bits per heavy atom. The monoisotopic (exact) mass is 329 g/mol. The Bertz CT molecular complexity index is 536. The van der Waals surface area contributed by atoms with Crippen molar-refractivity contribution < 1.29 is 14.3 Å². The molecule has 4 nitrogen and oxygen atoms in total. The number of carbonyl (C=O) groups excluding carboxylic acids is 2. The minimum atomic E-state index is -0.462. The van der Waals surface area contributed by atoms with E-state index in [0.29, 0.717) is 15.6 Å². The number of nitrogens with zero attached hydrogens (tertiary/aromatic N) is 1. The molecule has 0 aliphatic carbocycles. The molecule has 0 fully saturated rings. The number of hydrogen-bond acceptors (Lipinski definition) is 3. The van der Waals surface area contributed by atoms with Crippen LogP contribution in [0.25, 0.3) is 6.08 Å². The molecule has 0 aliphatic rings. The van der Waals surface area contributed by atoms with Crippen LogP contribution in [0, 0.1) is 0 Å². The Hall–Kier alpha value is -1.52. The number of carbonyl (C=O) groups is 2. The zero-order chi connectivity index (χ0) is 16.0. The molecule has 1 amide bonds. The molecule has 114 valence electrons. The van der Waals surface area contributed by atoms with Gasteiger partial charge in [-0.2, -0.15) is 0 Å². The predicted octanol–water partition coefficient (Wildman–Crippen LogP) is 3.42. The van der Waals surface area contributed by atoms with Crippen LogP contribution in [-0.4, -0.2) is 36.5 Å². The highest BCUT2D eigenvalue weighted by Gasteiger charge is 2.18. The fraction of sp³-hybridized carbons (Fsp3) is 0.333. The Morgan fingerprint density at radius 1 is 1.24 bits per heavy atom. The fourth-order valence-electron chi connectivity index (χ4n) is 1.65. The maximum absolute atomic E-state index is 12.1. The molecular weight excluding hydrogens is 313 g/mol. The molecule has 1 aromatic carbocycles. The Labute approximate surface area is 134 Å². The summed E-state index contributed by atoms with van der Waals surface area (Å²) in [6.07, 6.45) is 2.98. The van der Waals surface area contributed by atoms with E-state index in [-0.39, 0.29) is 18.5 Å². The second-order valence-corrected chi connectivity index (χ2v) is 5.55. The lowest BCUT2D eigenvalue weighted by Gasteiger charge is -2.24. The molecule has 0 saturated carbocycles. The predicted molar refractivity (Wildman–Crippen MR) is 84.4 cm³/mol. The summed E-state index contributed by atoms with van der Waals surface area (Å²) < 4.78 is 4.58. The number of benzene rings is 1. The number of methoxy groups -OCH3 is 1. The lowest BCUT2D eigenvalue weighted by Crippen LogP contribution is -2.40. The molecule has 21 heavy (non-hydrogen) atoms. The van der Waals surface area contributed by atoms with Crippen molar-refractivity contribution in [1.82, 2.24) is 4.90 Å². The quantitative estimate of drug-likeness (QED) is 0.614. The summed E-state index contributed by atoms with van der Waals surface area (Å²) >= 11 is 11.8. The summed E-state index contributed by atoms with van der Waals surface area (Å²) in [5.41, 5.74) is 0.711. The molecule has 1 aromatic rings. The Balaban J connectivity index is 2.85. The first kappa shape index (κ1) is 17.5. The van der Waals surface area contributed by atoms with E-state index in [9.17, 15) is 9.59 Å². The van der Waals surface area contributed by atoms with Crippen molar-refractivity contribution in [2.24, 2.45) is 0 Å². The van der Waals surface area contributed by atoms with E-state index in [1.54, 1.807) is 24.3 Å². The van der Waals surface area contributed by atoms with Crippen molar-refractivity contribution >= 4 is 41.2 Å². The third-order valence-corrected chi connectivity index (χ3v) is 3.17. The van der Waals surface area contributed by atoms with Crippen molar-refractivity contribution in [1.29, 1.82) is 0 Å². The van der Waals surface area contributed by atoms with E-state index in [4.69, 9.17) is 23.2 Å². The zero-order valence-electron chi connectivity index (χ0n) is 12.1. The molecule has 0 aromatic heterocycles. The van der Waals surface area contributed by atoms with E-state index in [1.165, 1.54) is 18.1 Å². The molecule has 0 atom stereocenters. The molecular formula is C15H17Cl2NO3. The van der Waals surface area contributed by atoms with Gasteiger partial charge < -0.3 is 9.64 Å². The molecule has 0 heterocycles. The minimum absolute atomic E-state index is 0.0896. The second-order valence-electron chi connectivity index (χ2n) is 4.67. The highest BCUT2D eigenvalue weighted by molar-refractivity contribution is 6.34. The van der Waals surface area contributed by atoms with Crippen molar-refractivity contribution in [3.63, 3.8) is 0 Å². The van der Waals surface area contributed by atoms with Crippen molar-refractivity contribution in [2.75, 3.05) is 13.7 Å². The number of ether oxygens (including phenoxy) is 1. The zero-order valence-corrected chi connectivity index (χ0v) is 13.6. The topological polar surface area (TPSA) is 46.6 Å². The first-order chi connectivity index (χ1) is 9.83. The number of amides is 1. The van der Waals surface area contributed by atoms with Gasteiger partial charge in [0, 0.05) is 22.2 Å². The van der Waals surface area contributed by atoms with E-state index < -0.39 is 5.97 Å². The van der Waals surface area contributed by atoms with Crippen molar-refractivity contribution in [2.45, 2.75) is 19.9 Å². The molecule has 0 spiro atoms. The van der Waals surface area contributed by atoms with Gasteiger partial charge >= 0.3 is 5.97 Å². The average Bonchev–Trinajstić information content (AvgIpc) is 2.40. The lowest BCUT2D eigenvalue weighted by atomic mass is 10.2. The average molecular weight is 330 g/mol. The SMILES string of the molecule is COC(=O)CN(C(=O)C=Cc1cc(Cl)cc(Cl)c1)C(C)C. The summed E-state index contributed by atoms with van der Waals surface area (Å²) in [5, 5.41) is 0.981. The summed E-state index contributed by atoms with van der Waals surface area (Å²) in [5.74, 6) is -0.747. The third-order valence-electron chi connectivity index (χ3n) is 2.74. The largest absolute Gasteiger partial charge is 0.468 e. The van der Waals surface area contributed by atoms with Gasteiger partial charge in [-0.15, -0.1) is 0 Å². The molecule has 0 aliphatic heterocycles. The van der Waals surface area contributed by atoms with Crippen molar-refractivity contribution in [3.05, 3.63) is 39.9 Å². The number of esters is 1. The molecule has 0 unspecified atom stereocenters. The standard InChI is InChI=1S/C15H17Cl2NO3/c1-10(2)18(9-15(20)21-3)14(19)5-4-11-6-12(16)8-13(17)7-11/h4-8,10H,9H2,1-3H3. The lowest BCUT2D eigenvalue weighted by molar-refractivity contribution is -0.146. The van der Waals surface area contributed by atoms with Crippen LogP contribution in [0.15, 0.2) is 24.3 Å². The van der Waals surface area contributed by atoms with E-state index in [0.717, 1.165) is 0 Å². The van der Waals surface area contributed by atoms with Crippen LogP contribution < -0.4 is 0 Å². The van der Waals surface area contributed by atoms with Gasteiger partial charge in [0.2, 0.25) is 5.91 Å². The fourth-order valence-corrected chi connectivity index (χ4v) is 2.20. The van der Waals surface area contributed by atoms with E-state index in [1.807, 2.05) is 13.8 Å². The van der Waals surface area contributed by atoms with E-state index in [2.05, 4.69) is 4.74 Å².